The van der Waals surface area contributed by atoms with Crippen molar-refractivity contribution in [1.82, 2.24) is 5.32 Å². The largest absolute Gasteiger partial charge is 0.382 e. The van der Waals surface area contributed by atoms with Crippen LogP contribution in [0.3, 0.4) is 0 Å². The Bertz CT molecular complexity index is 274. The Morgan fingerprint density at radius 1 is 1.20 bits per heavy atom. The minimum atomic E-state index is -0.759. The molecule has 0 aliphatic carbocycles. The van der Waals surface area contributed by atoms with Gasteiger partial charge >= 0.3 is 0 Å². The van der Waals surface area contributed by atoms with E-state index in [2.05, 4.69) is 5.32 Å². The van der Waals surface area contributed by atoms with Gasteiger partial charge in [0.15, 0.2) is 0 Å². The first kappa shape index (κ1) is 19.3. The highest BCUT2D eigenvalue weighted by molar-refractivity contribution is 5.84. The Hall–Kier alpha value is -0.690. The van der Waals surface area contributed by atoms with Crippen molar-refractivity contribution in [3.8, 4) is 0 Å². The zero-order chi connectivity index (χ0) is 15.6. The van der Waals surface area contributed by atoms with Gasteiger partial charge in [-0.15, -0.1) is 0 Å². The maximum absolute atomic E-state index is 11.6. The Morgan fingerprint density at radius 3 is 2.30 bits per heavy atom. The smallest absolute Gasteiger partial charge is 0.237 e. The SMILES string of the molecule is COCCOCCOC(C)CC(C)(NC(C)C)C(N)=O. The highest BCUT2D eigenvalue weighted by atomic mass is 16.5. The van der Waals surface area contributed by atoms with Crippen molar-refractivity contribution in [2.75, 3.05) is 33.5 Å². The summed E-state index contributed by atoms with van der Waals surface area (Å²) in [6, 6.07) is 0.178. The van der Waals surface area contributed by atoms with Gasteiger partial charge in [0.25, 0.3) is 0 Å². The van der Waals surface area contributed by atoms with Crippen LogP contribution in [-0.4, -0.2) is 57.1 Å². The van der Waals surface area contributed by atoms with Crippen LogP contribution in [0, 0.1) is 0 Å². The predicted molar refractivity (Wildman–Crippen MR) is 78.6 cm³/mol. The maximum Gasteiger partial charge on any atom is 0.237 e. The molecule has 0 aromatic carbocycles. The number of nitrogens with one attached hydrogen (secondary N) is 1. The van der Waals surface area contributed by atoms with Crippen LogP contribution in [0.25, 0.3) is 0 Å². The number of methoxy groups -OCH3 is 1. The summed E-state index contributed by atoms with van der Waals surface area (Å²) < 4.78 is 15.8. The van der Waals surface area contributed by atoms with Gasteiger partial charge in [-0.3, -0.25) is 4.79 Å². The molecule has 3 N–H and O–H groups in total. The lowest BCUT2D eigenvalue weighted by Crippen LogP contribution is -2.57. The lowest BCUT2D eigenvalue weighted by Gasteiger charge is -2.32. The number of carbonyl (C=O) groups excluding carboxylic acids is 1. The summed E-state index contributed by atoms with van der Waals surface area (Å²) in [5.41, 5.74) is 4.72. The van der Waals surface area contributed by atoms with Crippen molar-refractivity contribution in [1.29, 1.82) is 0 Å². The molecule has 6 heteroatoms. The van der Waals surface area contributed by atoms with Crippen LogP contribution in [0.1, 0.15) is 34.1 Å². The van der Waals surface area contributed by atoms with E-state index in [1.165, 1.54) is 0 Å². The fourth-order valence-electron chi connectivity index (χ4n) is 2.05. The second kappa shape index (κ2) is 10.1. The van der Waals surface area contributed by atoms with Gasteiger partial charge in [0.05, 0.1) is 38.1 Å². The summed E-state index contributed by atoms with van der Waals surface area (Å²) >= 11 is 0. The normalized spacial score (nSPS) is 16.1. The van der Waals surface area contributed by atoms with Crippen LogP contribution in [0.15, 0.2) is 0 Å². The van der Waals surface area contributed by atoms with Crippen LogP contribution in [0.5, 0.6) is 0 Å². The molecule has 0 aliphatic heterocycles. The van der Waals surface area contributed by atoms with Crippen LogP contribution < -0.4 is 11.1 Å². The van der Waals surface area contributed by atoms with E-state index in [-0.39, 0.29) is 18.1 Å². The molecule has 1 amide bonds. The van der Waals surface area contributed by atoms with Crippen molar-refractivity contribution in [3.63, 3.8) is 0 Å². The summed E-state index contributed by atoms with van der Waals surface area (Å²) in [4.78, 5) is 11.6. The second-order valence-corrected chi connectivity index (χ2v) is 5.49. The minimum absolute atomic E-state index is 0.0789. The highest BCUT2D eigenvalue weighted by Gasteiger charge is 2.33. The molecule has 2 atom stereocenters. The summed E-state index contributed by atoms with van der Waals surface area (Å²) in [6.07, 6.45) is 0.447. The predicted octanol–water partition coefficient (Wildman–Crippen LogP) is 0.687. The lowest BCUT2D eigenvalue weighted by atomic mass is 9.93. The Balaban J connectivity index is 4.02. The topological polar surface area (TPSA) is 82.8 Å². The van der Waals surface area contributed by atoms with Gasteiger partial charge < -0.3 is 25.3 Å². The number of nitrogens with two attached hydrogens (primary N) is 1. The Morgan fingerprint density at radius 2 is 1.80 bits per heavy atom. The molecule has 6 nitrogen and oxygen atoms in total. The molecule has 120 valence electrons. The van der Waals surface area contributed by atoms with E-state index < -0.39 is 5.54 Å². The fraction of sp³-hybridized carbons (Fsp3) is 0.929. The van der Waals surface area contributed by atoms with Gasteiger partial charge in [-0.05, 0) is 27.7 Å². The fourth-order valence-corrected chi connectivity index (χ4v) is 2.05. The molecule has 2 unspecified atom stereocenters. The first-order valence-corrected chi connectivity index (χ1v) is 7.07. The van der Waals surface area contributed by atoms with E-state index in [4.69, 9.17) is 19.9 Å². The van der Waals surface area contributed by atoms with E-state index in [1.54, 1.807) is 7.11 Å². The summed E-state index contributed by atoms with van der Waals surface area (Å²) in [6.45, 7) is 9.84. The number of hydrogen-bond acceptors (Lipinski definition) is 5. The molecule has 0 aliphatic rings. The number of carbonyl (C=O) groups is 1. The third-order valence-electron chi connectivity index (χ3n) is 2.91. The average molecular weight is 290 g/mol. The summed E-state index contributed by atoms with van der Waals surface area (Å²) in [5.74, 6) is -0.363. The Kier molecular flexibility index (Phi) is 9.75. The first-order valence-electron chi connectivity index (χ1n) is 7.07. The zero-order valence-electron chi connectivity index (χ0n) is 13.4. The number of primary amides is 1. The molecule has 0 bridgehead atoms. The zero-order valence-corrected chi connectivity index (χ0v) is 13.4. The van der Waals surface area contributed by atoms with Gasteiger partial charge in [-0.25, -0.2) is 0 Å². The average Bonchev–Trinajstić information content (AvgIpc) is 2.32. The van der Waals surface area contributed by atoms with E-state index >= 15 is 0 Å². The maximum atomic E-state index is 11.6. The molecule has 0 radical (unpaired) electrons. The number of amides is 1. The monoisotopic (exact) mass is 290 g/mol. The second-order valence-electron chi connectivity index (χ2n) is 5.49. The number of rotatable bonds is 12. The van der Waals surface area contributed by atoms with E-state index in [0.29, 0.717) is 32.8 Å². The molecule has 0 fully saturated rings. The number of hydrogen-bond donors (Lipinski definition) is 2. The first-order chi connectivity index (χ1) is 9.31. The van der Waals surface area contributed by atoms with Gasteiger partial charge in [-0.2, -0.15) is 0 Å². The summed E-state index contributed by atoms with van der Waals surface area (Å²) in [7, 11) is 1.63. The summed E-state index contributed by atoms with van der Waals surface area (Å²) in [5, 5.41) is 3.20. The minimum Gasteiger partial charge on any atom is -0.382 e. The van der Waals surface area contributed by atoms with Gasteiger partial charge in [-0.1, -0.05) is 0 Å². The molecule has 0 saturated carbocycles. The van der Waals surface area contributed by atoms with Gasteiger partial charge in [0.1, 0.15) is 0 Å². The van der Waals surface area contributed by atoms with Crippen LogP contribution in [0.2, 0.25) is 0 Å². The van der Waals surface area contributed by atoms with Crippen LogP contribution in [0.4, 0.5) is 0 Å². The molecule has 0 rings (SSSR count). The van der Waals surface area contributed by atoms with Crippen LogP contribution in [-0.2, 0) is 19.0 Å². The van der Waals surface area contributed by atoms with Gasteiger partial charge in [0.2, 0.25) is 5.91 Å². The molecule has 20 heavy (non-hydrogen) atoms. The van der Waals surface area contributed by atoms with Crippen molar-refractivity contribution in [3.05, 3.63) is 0 Å². The lowest BCUT2D eigenvalue weighted by molar-refractivity contribution is -0.126. The molecule has 0 heterocycles. The highest BCUT2D eigenvalue weighted by Crippen LogP contribution is 2.15. The van der Waals surface area contributed by atoms with Crippen molar-refractivity contribution < 1.29 is 19.0 Å². The van der Waals surface area contributed by atoms with Crippen molar-refractivity contribution in [2.24, 2.45) is 5.73 Å². The quantitative estimate of drug-likeness (QED) is 0.517. The Labute approximate surface area is 122 Å². The van der Waals surface area contributed by atoms with Gasteiger partial charge in [0, 0.05) is 19.6 Å². The van der Waals surface area contributed by atoms with Crippen LogP contribution >= 0.6 is 0 Å². The molecular formula is C14H30N2O4. The molecule has 0 aromatic rings. The van der Waals surface area contributed by atoms with E-state index in [9.17, 15) is 4.79 Å². The molecule has 0 saturated heterocycles. The number of ether oxygens (including phenoxy) is 3. The van der Waals surface area contributed by atoms with Crippen molar-refractivity contribution >= 4 is 5.91 Å². The molecular weight excluding hydrogens is 260 g/mol. The molecule has 0 spiro atoms. The standard InChI is InChI=1S/C14H30N2O4/c1-11(2)16-14(4,13(15)17)10-12(3)20-9-8-19-7-6-18-5/h11-12,16H,6-10H2,1-5H3,(H2,15,17). The third kappa shape index (κ3) is 8.47. The molecule has 0 aromatic heterocycles. The van der Waals surface area contributed by atoms with E-state index in [0.717, 1.165) is 0 Å². The van der Waals surface area contributed by atoms with E-state index in [1.807, 2.05) is 27.7 Å². The third-order valence-corrected chi connectivity index (χ3v) is 2.91. The van der Waals surface area contributed by atoms with Crippen molar-refractivity contribution in [2.45, 2.75) is 51.8 Å².